The summed E-state index contributed by atoms with van der Waals surface area (Å²) in [5, 5.41) is 3.11. The Kier molecular flexibility index (Phi) is 2.56. The summed E-state index contributed by atoms with van der Waals surface area (Å²) < 4.78 is 1.50. The smallest absolute Gasteiger partial charge is 0.349 e. The van der Waals surface area contributed by atoms with Crippen molar-refractivity contribution in [2.75, 3.05) is 5.32 Å². The average molecular weight is 255 g/mol. The van der Waals surface area contributed by atoms with Gasteiger partial charge in [0.05, 0.1) is 16.9 Å². The number of hydrogen-bond acceptors (Lipinski definition) is 5. The molecular weight excluding hydrogens is 242 g/mol. The zero-order chi connectivity index (χ0) is 13.4. The van der Waals surface area contributed by atoms with E-state index in [9.17, 15) is 4.79 Å². The third-order valence-corrected chi connectivity index (χ3v) is 3.01. The van der Waals surface area contributed by atoms with Crippen LogP contribution in [0.25, 0.3) is 0 Å². The molecule has 0 spiro atoms. The van der Waals surface area contributed by atoms with E-state index in [-0.39, 0.29) is 5.69 Å². The van der Waals surface area contributed by atoms with Gasteiger partial charge in [0.1, 0.15) is 11.7 Å². The number of fused-ring (bicyclic) bond motifs is 2. The lowest BCUT2D eigenvalue weighted by molar-refractivity contribution is 0.699. The van der Waals surface area contributed by atoms with Crippen molar-refractivity contribution in [2.24, 2.45) is 10.7 Å². The van der Waals surface area contributed by atoms with Gasteiger partial charge in [0.25, 0.3) is 0 Å². The Morgan fingerprint density at radius 3 is 2.95 bits per heavy atom. The van der Waals surface area contributed by atoms with Crippen molar-refractivity contribution in [3.8, 4) is 0 Å². The van der Waals surface area contributed by atoms with Crippen LogP contribution in [-0.4, -0.2) is 15.4 Å². The number of nitrogens with one attached hydrogen (secondary N) is 1. The summed E-state index contributed by atoms with van der Waals surface area (Å²) in [4.78, 5) is 20.2. The van der Waals surface area contributed by atoms with Crippen molar-refractivity contribution in [3.63, 3.8) is 0 Å². The van der Waals surface area contributed by atoms with E-state index in [1.54, 1.807) is 6.20 Å². The molecule has 6 heteroatoms. The van der Waals surface area contributed by atoms with Crippen LogP contribution in [-0.2, 0) is 6.54 Å². The summed E-state index contributed by atoms with van der Waals surface area (Å²) in [7, 11) is 0. The van der Waals surface area contributed by atoms with Crippen molar-refractivity contribution in [3.05, 3.63) is 46.5 Å². The van der Waals surface area contributed by atoms with Crippen molar-refractivity contribution in [2.45, 2.75) is 13.5 Å². The van der Waals surface area contributed by atoms with E-state index in [2.05, 4.69) is 15.3 Å². The van der Waals surface area contributed by atoms with Gasteiger partial charge >= 0.3 is 5.69 Å². The number of aryl methyl sites for hydroxylation is 1. The number of rotatable bonds is 1. The van der Waals surface area contributed by atoms with Crippen LogP contribution in [0.3, 0.4) is 0 Å². The fourth-order valence-corrected chi connectivity index (χ4v) is 2.00. The first-order chi connectivity index (χ1) is 9.19. The quantitative estimate of drug-likeness (QED) is 0.805. The summed E-state index contributed by atoms with van der Waals surface area (Å²) in [5.74, 6) is 0.794. The van der Waals surface area contributed by atoms with Gasteiger partial charge in [-0.1, -0.05) is 12.1 Å². The maximum atomic E-state index is 11.8. The maximum absolute atomic E-state index is 11.8. The van der Waals surface area contributed by atoms with Crippen LogP contribution in [0.15, 0.2) is 40.2 Å². The van der Waals surface area contributed by atoms with Gasteiger partial charge in [0, 0.05) is 12.7 Å². The molecule has 19 heavy (non-hydrogen) atoms. The standard InChI is InChI=1S/C13H13N5O/c1-2-18-7-8-11(14)15-9-5-3-4-6-10(9)16-12(8)17-13(18)19/h3-7H,2H2,1H3,(H2,14,15)(H,16,17,19). The van der Waals surface area contributed by atoms with Crippen LogP contribution >= 0.6 is 0 Å². The lowest BCUT2D eigenvalue weighted by Gasteiger charge is -2.09. The third-order valence-electron chi connectivity index (χ3n) is 3.01. The minimum atomic E-state index is -0.305. The number of aromatic nitrogens is 2. The molecule has 1 aromatic heterocycles. The molecule has 0 fully saturated rings. The molecule has 2 heterocycles. The average Bonchev–Trinajstić information content (AvgIpc) is 2.53. The van der Waals surface area contributed by atoms with Gasteiger partial charge in [0.2, 0.25) is 0 Å². The first-order valence-electron chi connectivity index (χ1n) is 6.01. The number of nitrogens with two attached hydrogens (primary N) is 1. The van der Waals surface area contributed by atoms with Crippen molar-refractivity contribution >= 4 is 23.0 Å². The van der Waals surface area contributed by atoms with Gasteiger partial charge in [-0.25, -0.2) is 9.79 Å². The predicted octanol–water partition coefficient (Wildman–Crippen LogP) is 1.36. The van der Waals surface area contributed by atoms with Crippen molar-refractivity contribution in [1.82, 2.24) is 9.55 Å². The van der Waals surface area contributed by atoms with Crippen LogP contribution in [0.2, 0.25) is 0 Å². The SMILES string of the molecule is CCn1cc2c(nc1=O)Nc1ccccc1N=C2N. The number of nitrogens with zero attached hydrogens (tertiary/aromatic N) is 3. The number of amidine groups is 1. The maximum Gasteiger partial charge on any atom is 0.349 e. The molecule has 0 saturated carbocycles. The largest absolute Gasteiger partial charge is 0.383 e. The summed E-state index contributed by atoms with van der Waals surface area (Å²) in [6.07, 6.45) is 1.68. The number of benzene rings is 1. The molecule has 1 aliphatic heterocycles. The Morgan fingerprint density at radius 2 is 2.16 bits per heavy atom. The topological polar surface area (TPSA) is 85.3 Å². The van der Waals surface area contributed by atoms with Crippen LogP contribution in [0.4, 0.5) is 17.2 Å². The normalized spacial score (nSPS) is 12.8. The number of para-hydroxylation sites is 2. The Morgan fingerprint density at radius 1 is 1.37 bits per heavy atom. The van der Waals surface area contributed by atoms with E-state index in [0.29, 0.717) is 23.8 Å². The molecule has 0 radical (unpaired) electrons. The van der Waals surface area contributed by atoms with Crippen LogP contribution in [0, 0.1) is 0 Å². The second-order valence-electron chi connectivity index (χ2n) is 4.21. The monoisotopic (exact) mass is 255 g/mol. The first kappa shape index (κ1) is 11.5. The molecule has 2 aromatic rings. The van der Waals surface area contributed by atoms with Gasteiger partial charge in [-0.05, 0) is 19.1 Å². The highest BCUT2D eigenvalue weighted by Crippen LogP contribution is 2.31. The van der Waals surface area contributed by atoms with E-state index in [4.69, 9.17) is 5.73 Å². The van der Waals surface area contributed by atoms with Crippen LogP contribution in [0.1, 0.15) is 12.5 Å². The van der Waals surface area contributed by atoms with Crippen LogP contribution in [0.5, 0.6) is 0 Å². The summed E-state index contributed by atoms with van der Waals surface area (Å²) in [6, 6.07) is 7.49. The number of anilines is 2. The highest BCUT2D eigenvalue weighted by molar-refractivity contribution is 6.05. The zero-order valence-electron chi connectivity index (χ0n) is 10.4. The van der Waals surface area contributed by atoms with E-state index < -0.39 is 0 Å². The van der Waals surface area contributed by atoms with E-state index in [1.807, 2.05) is 31.2 Å². The molecule has 0 saturated heterocycles. The van der Waals surface area contributed by atoms with Crippen molar-refractivity contribution < 1.29 is 0 Å². The second kappa shape index (κ2) is 4.24. The van der Waals surface area contributed by atoms with Crippen molar-refractivity contribution in [1.29, 1.82) is 0 Å². The lowest BCUT2D eigenvalue weighted by Crippen LogP contribution is -2.26. The van der Waals surface area contributed by atoms with Gasteiger partial charge in [-0.2, -0.15) is 4.98 Å². The lowest BCUT2D eigenvalue weighted by atomic mass is 10.2. The Labute approximate surface area is 109 Å². The molecule has 3 N–H and O–H groups in total. The Hall–Kier alpha value is -2.63. The highest BCUT2D eigenvalue weighted by Gasteiger charge is 2.16. The predicted molar refractivity (Wildman–Crippen MR) is 74.3 cm³/mol. The molecule has 0 aliphatic carbocycles. The van der Waals surface area contributed by atoms with Gasteiger partial charge < -0.3 is 11.1 Å². The molecule has 3 rings (SSSR count). The number of aliphatic imine (C=N–C) groups is 1. The Balaban J connectivity index is 2.25. The van der Waals surface area contributed by atoms with Gasteiger partial charge in [-0.3, -0.25) is 4.57 Å². The summed E-state index contributed by atoms with van der Waals surface area (Å²) >= 11 is 0. The minimum Gasteiger partial charge on any atom is -0.383 e. The third kappa shape index (κ3) is 1.87. The minimum absolute atomic E-state index is 0.305. The summed E-state index contributed by atoms with van der Waals surface area (Å²) in [5.41, 5.74) is 7.83. The molecule has 0 bridgehead atoms. The first-order valence-corrected chi connectivity index (χ1v) is 6.01. The highest BCUT2D eigenvalue weighted by atomic mass is 16.1. The molecule has 1 aromatic carbocycles. The molecule has 0 atom stereocenters. The second-order valence-corrected chi connectivity index (χ2v) is 4.21. The fraction of sp³-hybridized carbons (Fsp3) is 0.154. The molecule has 0 unspecified atom stereocenters. The van der Waals surface area contributed by atoms with Gasteiger partial charge in [0.15, 0.2) is 0 Å². The van der Waals surface area contributed by atoms with E-state index >= 15 is 0 Å². The fourth-order valence-electron chi connectivity index (χ4n) is 2.00. The van der Waals surface area contributed by atoms with Crippen LogP contribution < -0.4 is 16.7 Å². The van der Waals surface area contributed by atoms with E-state index in [1.165, 1.54) is 4.57 Å². The van der Waals surface area contributed by atoms with E-state index in [0.717, 1.165) is 11.4 Å². The molecular formula is C13H13N5O. The molecule has 1 aliphatic rings. The Bertz CT molecular complexity index is 732. The summed E-state index contributed by atoms with van der Waals surface area (Å²) in [6.45, 7) is 2.42. The zero-order valence-corrected chi connectivity index (χ0v) is 10.4. The number of hydrogen-bond donors (Lipinski definition) is 2. The van der Waals surface area contributed by atoms with Gasteiger partial charge in [-0.15, -0.1) is 0 Å². The molecule has 0 amide bonds. The molecule has 96 valence electrons. The molecule has 6 nitrogen and oxygen atoms in total.